The highest BCUT2D eigenvalue weighted by atomic mass is 79.9. The normalized spacial score (nSPS) is 9.81. The summed E-state index contributed by atoms with van der Waals surface area (Å²) in [6, 6.07) is 11.9. The van der Waals surface area contributed by atoms with E-state index in [4.69, 9.17) is 21.6 Å². The Kier molecular flexibility index (Phi) is 4.84. The Balaban J connectivity index is 2.41. The Hall–Kier alpha value is -2.03. The predicted molar refractivity (Wildman–Crippen MR) is 84.8 cm³/mol. The molecule has 0 aliphatic heterocycles. The number of methoxy groups -OCH3 is 1. The molecule has 0 fully saturated rings. The van der Waals surface area contributed by atoms with Crippen LogP contribution in [0.25, 0.3) is 0 Å². The number of carbonyl (C=O) groups excluding carboxylic acids is 1. The lowest BCUT2D eigenvalue weighted by molar-refractivity contribution is 0.102. The van der Waals surface area contributed by atoms with Gasteiger partial charge in [-0.3, -0.25) is 4.79 Å². The van der Waals surface area contributed by atoms with Gasteiger partial charge in [0.1, 0.15) is 17.5 Å². The Morgan fingerprint density at radius 2 is 2.14 bits per heavy atom. The third-order valence-corrected chi connectivity index (χ3v) is 3.70. The minimum absolute atomic E-state index is 0.320. The second kappa shape index (κ2) is 6.61. The summed E-state index contributed by atoms with van der Waals surface area (Å²) in [6.07, 6.45) is 0. The number of anilines is 1. The zero-order chi connectivity index (χ0) is 15.4. The predicted octanol–water partition coefficient (Wildman–Crippen LogP) is 4.24. The molecule has 0 unspecified atom stereocenters. The van der Waals surface area contributed by atoms with Crippen LogP contribution >= 0.6 is 27.5 Å². The lowest BCUT2D eigenvalue weighted by atomic mass is 10.1. The maximum absolute atomic E-state index is 12.4. The lowest BCUT2D eigenvalue weighted by Crippen LogP contribution is -2.14. The first-order chi connectivity index (χ1) is 10.1. The molecule has 1 N–H and O–H groups in total. The van der Waals surface area contributed by atoms with Crippen LogP contribution in [-0.2, 0) is 0 Å². The van der Waals surface area contributed by atoms with Crippen molar-refractivity contribution >= 4 is 39.1 Å². The van der Waals surface area contributed by atoms with Crippen LogP contribution in [-0.4, -0.2) is 13.0 Å². The number of nitrogens with zero attached hydrogens (tertiary/aromatic N) is 1. The molecule has 1 amide bonds. The van der Waals surface area contributed by atoms with Crippen molar-refractivity contribution in [2.45, 2.75) is 0 Å². The van der Waals surface area contributed by atoms with E-state index in [1.807, 2.05) is 6.07 Å². The molecule has 0 atom stereocenters. The van der Waals surface area contributed by atoms with E-state index < -0.39 is 0 Å². The smallest absolute Gasteiger partial charge is 0.256 e. The van der Waals surface area contributed by atoms with Crippen LogP contribution in [0.15, 0.2) is 40.9 Å². The number of halogens is 2. The first-order valence-electron chi connectivity index (χ1n) is 5.90. The zero-order valence-electron chi connectivity index (χ0n) is 11.0. The molecule has 0 heterocycles. The number of para-hydroxylation sites is 1. The molecule has 4 nitrogen and oxygen atoms in total. The van der Waals surface area contributed by atoms with E-state index in [9.17, 15) is 4.79 Å². The van der Waals surface area contributed by atoms with Gasteiger partial charge in [-0.15, -0.1) is 0 Å². The summed E-state index contributed by atoms with van der Waals surface area (Å²) in [6.45, 7) is 0. The minimum Gasteiger partial charge on any atom is -0.495 e. The first kappa shape index (κ1) is 15.4. The van der Waals surface area contributed by atoms with Crippen LogP contribution in [0.1, 0.15) is 15.9 Å². The van der Waals surface area contributed by atoms with Crippen molar-refractivity contribution in [1.29, 1.82) is 5.26 Å². The molecular formula is C15H10BrClN2O2. The summed E-state index contributed by atoms with van der Waals surface area (Å²) >= 11 is 9.20. The van der Waals surface area contributed by atoms with Crippen molar-refractivity contribution in [3.05, 3.63) is 57.0 Å². The molecule has 106 valence electrons. The standard InChI is InChI=1S/C15H10BrClN2O2/c1-21-13-4-2-3-9(8-18)14(13)19-15(20)11-7-10(17)5-6-12(11)16/h2-7H,1H3,(H,19,20). The van der Waals surface area contributed by atoms with Crippen LogP contribution in [0, 0.1) is 11.3 Å². The quantitative estimate of drug-likeness (QED) is 0.885. The number of hydrogen-bond acceptors (Lipinski definition) is 3. The van der Waals surface area contributed by atoms with Crippen LogP contribution in [0.4, 0.5) is 5.69 Å². The van der Waals surface area contributed by atoms with Gasteiger partial charge in [0.2, 0.25) is 0 Å². The molecule has 0 aliphatic carbocycles. The van der Waals surface area contributed by atoms with E-state index in [2.05, 4.69) is 21.2 Å². The maximum atomic E-state index is 12.4. The minimum atomic E-state index is -0.384. The molecular weight excluding hydrogens is 356 g/mol. The van der Waals surface area contributed by atoms with Crippen molar-refractivity contribution in [1.82, 2.24) is 0 Å². The zero-order valence-corrected chi connectivity index (χ0v) is 13.3. The van der Waals surface area contributed by atoms with Crippen LogP contribution in [0.2, 0.25) is 5.02 Å². The molecule has 0 spiro atoms. The SMILES string of the molecule is COc1cccc(C#N)c1NC(=O)c1cc(Cl)ccc1Br. The third kappa shape index (κ3) is 3.35. The van der Waals surface area contributed by atoms with Gasteiger partial charge in [-0.25, -0.2) is 0 Å². The summed E-state index contributed by atoms with van der Waals surface area (Å²) < 4.78 is 5.78. The Morgan fingerprint density at radius 1 is 1.38 bits per heavy atom. The van der Waals surface area contributed by atoms with E-state index in [-0.39, 0.29) is 5.91 Å². The number of amides is 1. The van der Waals surface area contributed by atoms with Gasteiger partial charge in [-0.2, -0.15) is 5.26 Å². The van der Waals surface area contributed by atoms with E-state index in [1.54, 1.807) is 36.4 Å². The molecule has 2 aromatic carbocycles. The highest BCUT2D eigenvalue weighted by Crippen LogP contribution is 2.29. The van der Waals surface area contributed by atoms with Crippen molar-refractivity contribution < 1.29 is 9.53 Å². The van der Waals surface area contributed by atoms with Gasteiger partial charge in [0.15, 0.2) is 0 Å². The monoisotopic (exact) mass is 364 g/mol. The third-order valence-electron chi connectivity index (χ3n) is 2.78. The van der Waals surface area contributed by atoms with Crippen LogP contribution < -0.4 is 10.1 Å². The van der Waals surface area contributed by atoms with Crippen molar-refractivity contribution in [3.8, 4) is 11.8 Å². The Morgan fingerprint density at radius 3 is 2.81 bits per heavy atom. The second-order valence-corrected chi connectivity index (χ2v) is 5.36. The average molecular weight is 366 g/mol. The first-order valence-corrected chi connectivity index (χ1v) is 7.07. The lowest BCUT2D eigenvalue weighted by Gasteiger charge is -2.12. The summed E-state index contributed by atoms with van der Waals surface area (Å²) in [5.41, 5.74) is 1.03. The van der Waals surface area contributed by atoms with E-state index in [0.717, 1.165) is 0 Å². The van der Waals surface area contributed by atoms with Gasteiger partial charge in [0, 0.05) is 9.50 Å². The highest BCUT2D eigenvalue weighted by Gasteiger charge is 2.16. The molecule has 0 aromatic heterocycles. The van der Waals surface area contributed by atoms with E-state index >= 15 is 0 Å². The largest absolute Gasteiger partial charge is 0.495 e. The summed E-state index contributed by atoms with van der Waals surface area (Å²) in [4.78, 5) is 12.4. The summed E-state index contributed by atoms with van der Waals surface area (Å²) in [7, 11) is 1.47. The van der Waals surface area contributed by atoms with Crippen LogP contribution in [0.3, 0.4) is 0 Å². The molecule has 0 saturated heterocycles. The summed E-state index contributed by atoms with van der Waals surface area (Å²) in [5, 5.41) is 12.3. The fourth-order valence-electron chi connectivity index (χ4n) is 1.78. The van der Waals surface area contributed by atoms with Crippen molar-refractivity contribution in [3.63, 3.8) is 0 Å². The van der Waals surface area contributed by atoms with Crippen LogP contribution in [0.5, 0.6) is 5.75 Å². The van der Waals surface area contributed by atoms with Crippen molar-refractivity contribution in [2.75, 3.05) is 12.4 Å². The average Bonchev–Trinajstić information content (AvgIpc) is 2.49. The van der Waals surface area contributed by atoms with E-state index in [0.29, 0.717) is 32.1 Å². The van der Waals surface area contributed by atoms with Crippen molar-refractivity contribution in [2.24, 2.45) is 0 Å². The number of nitrogens with one attached hydrogen (secondary N) is 1. The molecule has 21 heavy (non-hydrogen) atoms. The van der Waals surface area contributed by atoms with Gasteiger partial charge < -0.3 is 10.1 Å². The van der Waals surface area contributed by atoms with Gasteiger partial charge in [0.25, 0.3) is 5.91 Å². The molecule has 0 radical (unpaired) electrons. The number of hydrogen-bond donors (Lipinski definition) is 1. The summed E-state index contributed by atoms with van der Waals surface area (Å²) in [5.74, 6) is 0.0333. The number of nitriles is 1. The molecule has 0 aliphatic rings. The fraction of sp³-hybridized carbons (Fsp3) is 0.0667. The number of ether oxygens (including phenoxy) is 1. The van der Waals surface area contributed by atoms with Gasteiger partial charge in [-0.05, 0) is 46.3 Å². The molecule has 0 saturated carbocycles. The Labute approximate surface area is 135 Å². The topological polar surface area (TPSA) is 62.1 Å². The number of carbonyl (C=O) groups is 1. The number of rotatable bonds is 3. The molecule has 2 aromatic rings. The molecule has 6 heteroatoms. The Bertz CT molecular complexity index is 741. The van der Waals surface area contributed by atoms with Gasteiger partial charge in [0.05, 0.1) is 18.2 Å². The maximum Gasteiger partial charge on any atom is 0.256 e. The second-order valence-electron chi connectivity index (χ2n) is 4.07. The fourth-order valence-corrected chi connectivity index (χ4v) is 2.37. The molecule has 2 rings (SSSR count). The van der Waals surface area contributed by atoms with E-state index in [1.165, 1.54) is 7.11 Å². The highest BCUT2D eigenvalue weighted by molar-refractivity contribution is 9.10. The number of benzene rings is 2. The van der Waals surface area contributed by atoms with Gasteiger partial charge >= 0.3 is 0 Å². The van der Waals surface area contributed by atoms with Gasteiger partial charge in [-0.1, -0.05) is 17.7 Å². The molecule has 0 bridgehead atoms.